The van der Waals surface area contributed by atoms with Crippen LogP contribution in [0.4, 0.5) is 0 Å². The minimum absolute atomic E-state index is 0.0225. The average Bonchev–Trinajstić information content (AvgIpc) is 2.47. The molecule has 0 fully saturated rings. The minimum atomic E-state index is -0.0225. The Morgan fingerprint density at radius 2 is 1.90 bits per heavy atom. The second-order valence-electron chi connectivity index (χ2n) is 5.35. The number of aromatic nitrogens is 1. The quantitative estimate of drug-likeness (QED) is 0.886. The first-order valence-electron chi connectivity index (χ1n) is 7.09. The molecule has 2 aromatic rings. The zero-order chi connectivity index (χ0) is 15.2. The smallest absolute Gasteiger partial charge is 0.118 e. The molecule has 0 aliphatic heterocycles. The van der Waals surface area contributed by atoms with Crippen LogP contribution >= 0.6 is 0 Å². The number of rotatable bonds is 6. The van der Waals surface area contributed by atoms with Crippen LogP contribution in [0.25, 0.3) is 0 Å². The molecule has 0 aliphatic rings. The lowest BCUT2D eigenvalue weighted by Gasteiger charge is -2.21. The summed E-state index contributed by atoms with van der Waals surface area (Å²) in [5.74, 6) is 0.850. The molecule has 0 saturated heterocycles. The van der Waals surface area contributed by atoms with E-state index in [1.807, 2.05) is 49.4 Å². The Hall–Kier alpha value is -1.91. The fraction of sp³-hybridized carbons (Fsp3) is 0.353. The molecule has 2 rings (SSSR count). The van der Waals surface area contributed by atoms with Gasteiger partial charge in [-0.3, -0.25) is 9.88 Å². The van der Waals surface area contributed by atoms with E-state index in [4.69, 9.17) is 10.5 Å². The molecular formula is C17H23N3O. The van der Waals surface area contributed by atoms with Crippen molar-refractivity contribution in [2.75, 3.05) is 20.7 Å². The van der Waals surface area contributed by atoms with Gasteiger partial charge in [0.05, 0.1) is 12.8 Å². The number of pyridine rings is 1. The molecule has 4 heteroatoms. The van der Waals surface area contributed by atoms with Crippen LogP contribution in [0.1, 0.15) is 23.0 Å². The molecule has 1 unspecified atom stereocenters. The summed E-state index contributed by atoms with van der Waals surface area (Å²) in [5.41, 5.74) is 9.49. The van der Waals surface area contributed by atoms with Crippen molar-refractivity contribution >= 4 is 0 Å². The first-order chi connectivity index (χ1) is 10.1. The highest BCUT2D eigenvalue weighted by molar-refractivity contribution is 5.29. The van der Waals surface area contributed by atoms with E-state index in [9.17, 15) is 0 Å². The Kier molecular flexibility index (Phi) is 5.31. The third-order valence-corrected chi connectivity index (χ3v) is 3.43. The standard InChI is InChI=1S/C17H23N3O/c1-13-5-4-6-15(19-13)11-20(2)12-17(18)14-7-9-16(21-3)10-8-14/h4-10,17H,11-12,18H2,1-3H3. The maximum absolute atomic E-state index is 6.27. The molecule has 2 N–H and O–H groups in total. The summed E-state index contributed by atoms with van der Waals surface area (Å²) in [6.45, 7) is 3.58. The molecule has 21 heavy (non-hydrogen) atoms. The molecule has 0 saturated carbocycles. The Morgan fingerprint density at radius 3 is 2.52 bits per heavy atom. The van der Waals surface area contributed by atoms with Gasteiger partial charge in [-0.25, -0.2) is 0 Å². The topological polar surface area (TPSA) is 51.4 Å². The van der Waals surface area contributed by atoms with Gasteiger partial charge in [-0.1, -0.05) is 18.2 Å². The lowest BCUT2D eigenvalue weighted by atomic mass is 10.1. The third kappa shape index (κ3) is 4.55. The zero-order valence-corrected chi connectivity index (χ0v) is 12.9. The SMILES string of the molecule is COc1ccc(C(N)CN(C)Cc2cccc(C)n2)cc1. The molecule has 112 valence electrons. The number of hydrogen-bond acceptors (Lipinski definition) is 4. The summed E-state index contributed by atoms with van der Waals surface area (Å²) in [4.78, 5) is 6.71. The largest absolute Gasteiger partial charge is 0.497 e. The Labute approximate surface area is 126 Å². The van der Waals surface area contributed by atoms with Crippen molar-refractivity contribution < 1.29 is 4.74 Å². The van der Waals surface area contributed by atoms with E-state index < -0.39 is 0 Å². The molecule has 0 amide bonds. The summed E-state index contributed by atoms with van der Waals surface area (Å²) in [6, 6.07) is 14.0. The van der Waals surface area contributed by atoms with Crippen molar-refractivity contribution in [3.05, 3.63) is 59.4 Å². The second kappa shape index (κ2) is 7.20. The summed E-state index contributed by atoms with van der Waals surface area (Å²) in [6.07, 6.45) is 0. The summed E-state index contributed by atoms with van der Waals surface area (Å²) >= 11 is 0. The van der Waals surface area contributed by atoms with Gasteiger partial charge >= 0.3 is 0 Å². The van der Waals surface area contributed by atoms with Gasteiger partial charge in [0.25, 0.3) is 0 Å². The monoisotopic (exact) mass is 285 g/mol. The first-order valence-corrected chi connectivity index (χ1v) is 7.09. The molecule has 1 heterocycles. The summed E-state index contributed by atoms with van der Waals surface area (Å²) < 4.78 is 5.16. The number of likely N-dealkylation sites (N-methyl/N-ethyl adjacent to an activating group) is 1. The van der Waals surface area contributed by atoms with Crippen LogP contribution in [0, 0.1) is 6.92 Å². The number of hydrogen-bond donors (Lipinski definition) is 1. The zero-order valence-electron chi connectivity index (χ0n) is 12.9. The van der Waals surface area contributed by atoms with Crippen molar-refractivity contribution in [2.45, 2.75) is 19.5 Å². The molecule has 0 aliphatic carbocycles. The highest BCUT2D eigenvalue weighted by Gasteiger charge is 2.10. The van der Waals surface area contributed by atoms with Crippen LogP contribution in [-0.4, -0.2) is 30.6 Å². The predicted octanol–water partition coefficient (Wildman–Crippen LogP) is 2.53. The van der Waals surface area contributed by atoms with Gasteiger partial charge in [0, 0.05) is 24.8 Å². The highest BCUT2D eigenvalue weighted by Crippen LogP contribution is 2.17. The number of nitrogens with two attached hydrogens (primary N) is 1. The van der Waals surface area contributed by atoms with E-state index in [0.29, 0.717) is 0 Å². The van der Waals surface area contributed by atoms with Crippen LogP contribution in [0.5, 0.6) is 5.75 Å². The molecule has 4 nitrogen and oxygen atoms in total. The van der Waals surface area contributed by atoms with Crippen molar-refractivity contribution in [2.24, 2.45) is 5.73 Å². The number of nitrogens with zero attached hydrogens (tertiary/aromatic N) is 2. The molecule has 1 atom stereocenters. The van der Waals surface area contributed by atoms with Crippen molar-refractivity contribution in [1.29, 1.82) is 0 Å². The maximum Gasteiger partial charge on any atom is 0.118 e. The van der Waals surface area contributed by atoms with Gasteiger partial charge in [-0.05, 0) is 43.8 Å². The van der Waals surface area contributed by atoms with E-state index in [-0.39, 0.29) is 6.04 Å². The van der Waals surface area contributed by atoms with E-state index in [2.05, 4.69) is 16.9 Å². The van der Waals surface area contributed by atoms with Crippen LogP contribution in [0.3, 0.4) is 0 Å². The molecule has 0 spiro atoms. The number of methoxy groups -OCH3 is 1. The van der Waals surface area contributed by atoms with E-state index in [1.54, 1.807) is 7.11 Å². The van der Waals surface area contributed by atoms with Crippen LogP contribution < -0.4 is 10.5 Å². The fourth-order valence-corrected chi connectivity index (χ4v) is 2.32. The van der Waals surface area contributed by atoms with Gasteiger partial charge < -0.3 is 10.5 Å². The lowest BCUT2D eigenvalue weighted by Crippen LogP contribution is -2.29. The average molecular weight is 285 g/mol. The van der Waals surface area contributed by atoms with E-state index >= 15 is 0 Å². The maximum atomic E-state index is 6.27. The van der Waals surface area contributed by atoms with Gasteiger partial charge in [0.2, 0.25) is 0 Å². The predicted molar refractivity (Wildman–Crippen MR) is 85.2 cm³/mol. The first kappa shape index (κ1) is 15.5. The van der Waals surface area contributed by atoms with Gasteiger partial charge in [0.1, 0.15) is 5.75 Å². The highest BCUT2D eigenvalue weighted by atomic mass is 16.5. The number of benzene rings is 1. The third-order valence-electron chi connectivity index (χ3n) is 3.43. The molecule has 0 bridgehead atoms. The Bertz CT molecular complexity index is 569. The van der Waals surface area contributed by atoms with Crippen molar-refractivity contribution in [3.8, 4) is 5.75 Å². The van der Waals surface area contributed by atoms with Crippen molar-refractivity contribution in [3.63, 3.8) is 0 Å². The summed E-state index contributed by atoms with van der Waals surface area (Å²) in [7, 11) is 3.73. The van der Waals surface area contributed by atoms with Gasteiger partial charge in [0.15, 0.2) is 0 Å². The second-order valence-corrected chi connectivity index (χ2v) is 5.35. The summed E-state index contributed by atoms with van der Waals surface area (Å²) in [5, 5.41) is 0. The van der Waals surface area contributed by atoms with E-state index in [1.165, 1.54) is 0 Å². The number of aryl methyl sites for hydroxylation is 1. The molecule has 1 aromatic heterocycles. The van der Waals surface area contributed by atoms with Gasteiger partial charge in [-0.2, -0.15) is 0 Å². The number of ether oxygens (including phenoxy) is 1. The van der Waals surface area contributed by atoms with Gasteiger partial charge in [-0.15, -0.1) is 0 Å². The minimum Gasteiger partial charge on any atom is -0.497 e. The Balaban J connectivity index is 1.93. The van der Waals surface area contributed by atoms with Crippen LogP contribution in [-0.2, 0) is 6.54 Å². The normalized spacial score (nSPS) is 12.4. The fourth-order valence-electron chi connectivity index (χ4n) is 2.32. The molecule has 0 radical (unpaired) electrons. The molecule has 1 aromatic carbocycles. The molecular weight excluding hydrogens is 262 g/mol. The Morgan fingerprint density at radius 1 is 1.19 bits per heavy atom. The lowest BCUT2D eigenvalue weighted by molar-refractivity contribution is 0.301. The van der Waals surface area contributed by atoms with Crippen LogP contribution in [0.2, 0.25) is 0 Å². The van der Waals surface area contributed by atoms with Crippen molar-refractivity contribution in [1.82, 2.24) is 9.88 Å². The van der Waals surface area contributed by atoms with E-state index in [0.717, 1.165) is 35.8 Å². The van der Waals surface area contributed by atoms with Crippen LogP contribution in [0.15, 0.2) is 42.5 Å².